The third-order valence-electron chi connectivity index (χ3n) is 3.61. The van der Waals surface area contributed by atoms with Crippen molar-refractivity contribution in [3.05, 3.63) is 29.3 Å². The first kappa shape index (κ1) is 13.9. The maximum atomic E-state index is 12.0. The molecule has 0 unspecified atom stereocenters. The van der Waals surface area contributed by atoms with E-state index < -0.39 is 0 Å². The van der Waals surface area contributed by atoms with Gasteiger partial charge in [0.25, 0.3) is 5.91 Å². The van der Waals surface area contributed by atoms with Gasteiger partial charge in [-0.25, -0.2) is 0 Å². The molecular weight excluding hydrogens is 240 g/mol. The van der Waals surface area contributed by atoms with E-state index in [1.165, 1.54) is 12.8 Å². The maximum Gasteiger partial charge on any atom is 0.251 e. The van der Waals surface area contributed by atoms with Gasteiger partial charge in [0.1, 0.15) is 5.75 Å². The van der Waals surface area contributed by atoms with Gasteiger partial charge in [-0.05, 0) is 50.4 Å². The summed E-state index contributed by atoms with van der Waals surface area (Å²) in [6.45, 7) is 3.78. The lowest BCUT2D eigenvalue weighted by atomic mass is 10.1. The molecule has 1 aromatic carbocycles. The largest absolute Gasteiger partial charge is 0.496 e. The van der Waals surface area contributed by atoms with Gasteiger partial charge >= 0.3 is 0 Å². The van der Waals surface area contributed by atoms with Crippen molar-refractivity contribution < 1.29 is 9.53 Å². The highest BCUT2D eigenvalue weighted by molar-refractivity contribution is 5.94. The predicted molar refractivity (Wildman–Crippen MR) is 75.7 cm³/mol. The molecule has 0 aromatic heterocycles. The zero-order valence-electron chi connectivity index (χ0n) is 11.7. The number of methoxy groups -OCH3 is 1. The molecule has 0 saturated carbocycles. The predicted octanol–water partition coefficient (Wildman–Crippen LogP) is 1.88. The average Bonchev–Trinajstić information content (AvgIpc) is 2.92. The Labute approximate surface area is 114 Å². The summed E-state index contributed by atoms with van der Waals surface area (Å²) in [7, 11) is 1.62. The number of hydrogen-bond donors (Lipinski definition) is 2. The van der Waals surface area contributed by atoms with Crippen molar-refractivity contribution in [2.75, 3.05) is 20.2 Å². The molecule has 1 aliphatic rings. The Kier molecular flexibility index (Phi) is 4.80. The van der Waals surface area contributed by atoms with Crippen molar-refractivity contribution in [1.29, 1.82) is 0 Å². The van der Waals surface area contributed by atoms with Crippen LogP contribution in [-0.4, -0.2) is 32.1 Å². The number of carbonyl (C=O) groups excluding carboxylic acids is 1. The number of amides is 1. The van der Waals surface area contributed by atoms with Crippen LogP contribution in [0.3, 0.4) is 0 Å². The van der Waals surface area contributed by atoms with Gasteiger partial charge in [0.15, 0.2) is 0 Å². The summed E-state index contributed by atoms with van der Waals surface area (Å²) in [4.78, 5) is 12.0. The molecule has 1 atom stereocenters. The smallest absolute Gasteiger partial charge is 0.251 e. The van der Waals surface area contributed by atoms with Gasteiger partial charge in [-0.15, -0.1) is 0 Å². The molecule has 1 amide bonds. The zero-order chi connectivity index (χ0) is 13.7. The summed E-state index contributed by atoms with van der Waals surface area (Å²) in [6, 6.07) is 6.10. The van der Waals surface area contributed by atoms with Crippen LogP contribution in [-0.2, 0) is 0 Å². The van der Waals surface area contributed by atoms with E-state index in [4.69, 9.17) is 4.74 Å². The quantitative estimate of drug-likeness (QED) is 0.852. The van der Waals surface area contributed by atoms with Crippen LogP contribution in [0.2, 0.25) is 0 Å². The molecule has 104 valence electrons. The number of rotatable bonds is 5. The van der Waals surface area contributed by atoms with E-state index in [1.807, 2.05) is 19.1 Å². The van der Waals surface area contributed by atoms with Gasteiger partial charge < -0.3 is 15.4 Å². The molecule has 2 rings (SSSR count). The third-order valence-corrected chi connectivity index (χ3v) is 3.61. The second-order valence-electron chi connectivity index (χ2n) is 5.02. The summed E-state index contributed by atoms with van der Waals surface area (Å²) < 4.78 is 5.23. The van der Waals surface area contributed by atoms with Crippen LogP contribution in [0.4, 0.5) is 0 Å². The molecule has 0 aliphatic carbocycles. The second-order valence-corrected chi connectivity index (χ2v) is 5.02. The number of ether oxygens (including phenoxy) is 1. The fourth-order valence-electron chi connectivity index (χ4n) is 2.43. The minimum Gasteiger partial charge on any atom is -0.496 e. The summed E-state index contributed by atoms with van der Waals surface area (Å²) in [5.41, 5.74) is 1.69. The molecule has 0 radical (unpaired) electrons. The molecule has 19 heavy (non-hydrogen) atoms. The van der Waals surface area contributed by atoms with Crippen molar-refractivity contribution in [2.45, 2.75) is 32.2 Å². The Bertz CT molecular complexity index is 440. The van der Waals surface area contributed by atoms with Crippen LogP contribution >= 0.6 is 0 Å². The number of benzene rings is 1. The molecule has 0 spiro atoms. The molecular formula is C15H22N2O2. The van der Waals surface area contributed by atoms with Gasteiger partial charge in [-0.3, -0.25) is 4.79 Å². The Morgan fingerprint density at radius 3 is 3.05 bits per heavy atom. The molecule has 4 heteroatoms. The van der Waals surface area contributed by atoms with E-state index in [1.54, 1.807) is 13.2 Å². The van der Waals surface area contributed by atoms with Crippen molar-refractivity contribution in [3.63, 3.8) is 0 Å². The Hall–Kier alpha value is -1.55. The fraction of sp³-hybridized carbons (Fsp3) is 0.533. The van der Waals surface area contributed by atoms with Gasteiger partial charge in [0.05, 0.1) is 7.11 Å². The first-order chi connectivity index (χ1) is 9.20. The minimum absolute atomic E-state index is 0.0312. The van der Waals surface area contributed by atoms with Gasteiger partial charge in [0.2, 0.25) is 0 Å². The molecule has 1 aliphatic heterocycles. The van der Waals surface area contributed by atoms with Crippen molar-refractivity contribution in [2.24, 2.45) is 0 Å². The standard InChI is InChI=1S/C15H22N2O2/c1-11-5-6-12(10-14(11)19-2)15(18)17-9-7-13-4-3-8-16-13/h5-6,10,13,16H,3-4,7-9H2,1-2H3,(H,17,18)/t13-/m1/s1. The Morgan fingerprint density at radius 1 is 1.53 bits per heavy atom. The second kappa shape index (κ2) is 6.57. The molecule has 1 saturated heterocycles. The van der Waals surface area contributed by atoms with Crippen LogP contribution in [0.1, 0.15) is 35.2 Å². The van der Waals surface area contributed by atoms with Crippen molar-refractivity contribution in [1.82, 2.24) is 10.6 Å². The van der Waals surface area contributed by atoms with Gasteiger partial charge in [-0.2, -0.15) is 0 Å². The summed E-state index contributed by atoms with van der Waals surface area (Å²) in [6.07, 6.45) is 3.46. The third kappa shape index (κ3) is 3.70. The van der Waals surface area contributed by atoms with E-state index >= 15 is 0 Å². The summed E-state index contributed by atoms with van der Waals surface area (Å²) in [5, 5.41) is 6.39. The van der Waals surface area contributed by atoms with E-state index in [0.717, 1.165) is 24.3 Å². The lowest BCUT2D eigenvalue weighted by Gasteiger charge is -2.11. The lowest BCUT2D eigenvalue weighted by molar-refractivity contribution is 0.0952. The Balaban J connectivity index is 1.85. The first-order valence-electron chi connectivity index (χ1n) is 6.87. The first-order valence-corrected chi connectivity index (χ1v) is 6.87. The number of hydrogen-bond acceptors (Lipinski definition) is 3. The normalized spacial score (nSPS) is 18.3. The van der Waals surface area contributed by atoms with Crippen LogP contribution in [0.25, 0.3) is 0 Å². The SMILES string of the molecule is COc1cc(C(=O)NCC[C@H]2CCCN2)ccc1C. The van der Waals surface area contributed by atoms with Crippen LogP contribution in [0, 0.1) is 6.92 Å². The number of carbonyl (C=O) groups is 1. The molecule has 1 heterocycles. The lowest BCUT2D eigenvalue weighted by Crippen LogP contribution is -2.30. The molecule has 1 aromatic rings. The van der Waals surface area contributed by atoms with Crippen molar-refractivity contribution in [3.8, 4) is 5.75 Å². The Morgan fingerprint density at radius 2 is 2.37 bits per heavy atom. The highest BCUT2D eigenvalue weighted by atomic mass is 16.5. The monoisotopic (exact) mass is 262 g/mol. The summed E-state index contributed by atoms with van der Waals surface area (Å²) in [5.74, 6) is 0.724. The zero-order valence-corrected chi connectivity index (χ0v) is 11.7. The van der Waals surface area contributed by atoms with E-state index in [-0.39, 0.29) is 5.91 Å². The van der Waals surface area contributed by atoms with Crippen LogP contribution in [0.15, 0.2) is 18.2 Å². The van der Waals surface area contributed by atoms with Crippen LogP contribution < -0.4 is 15.4 Å². The molecule has 4 nitrogen and oxygen atoms in total. The van der Waals surface area contributed by atoms with E-state index in [0.29, 0.717) is 18.2 Å². The number of nitrogens with one attached hydrogen (secondary N) is 2. The average molecular weight is 262 g/mol. The van der Waals surface area contributed by atoms with E-state index in [2.05, 4.69) is 10.6 Å². The van der Waals surface area contributed by atoms with Crippen molar-refractivity contribution >= 4 is 5.91 Å². The highest BCUT2D eigenvalue weighted by Crippen LogP contribution is 2.18. The van der Waals surface area contributed by atoms with Gasteiger partial charge in [0, 0.05) is 18.2 Å². The molecule has 1 fully saturated rings. The number of aryl methyl sites for hydroxylation is 1. The highest BCUT2D eigenvalue weighted by Gasteiger charge is 2.14. The summed E-state index contributed by atoms with van der Waals surface area (Å²) >= 11 is 0. The van der Waals surface area contributed by atoms with Crippen LogP contribution in [0.5, 0.6) is 5.75 Å². The fourth-order valence-corrected chi connectivity index (χ4v) is 2.43. The van der Waals surface area contributed by atoms with Gasteiger partial charge in [-0.1, -0.05) is 6.07 Å². The topological polar surface area (TPSA) is 50.4 Å². The maximum absolute atomic E-state index is 12.0. The minimum atomic E-state index is -0.0312. The van der Waals surface area contributed by atoms with E-state index in [9.17, 15) is 4.79 Å². The molecule has 2 N–H and O–H groups in total. The molecule has 0 bridgehead atoms.